The molecule has 2 atom stereocenters. The maximum atomic E-state index is 14.0. The Morgan fingerprint density at radius 2 is 1.75 bits per heavy atom. The third-order valence-electron chi connectivity index (χ3n) is 4.23. The third-order valence-corrected chi connectivity index (χ3v) is 6.65. The van der Waals surface area contributed by atoms with E-state index in [1.165, 1.54) is 10.4 Å². The molecule has 2 N–H and O–H groups in total. The van der Waals surface area contributed by atoms with Crippen LogP contribution in [0, 0.1) is 17.7 Å². The molecule has 2 saturated heterocycles. The van der Waals surface area contributed by atoms with Crippen LogP contribution in [-0.4, -0.2) is 53.6 Å². The molecule has 0 aromatic heterocycles. The predicted molar refractivity (Wildman–Crippen MR) is 90.7 cm³/mol. The highest BCUT2D eigenvalue weighted by Crippen LogP contribution is 2.31. The fraction of sp³-hybridized carbons (Fsp3) is 0.538. The van der Waals surface area contributed by atoms with E-state index in [9.17, 15) is 21.2 Å². The molecular formula is C13H19ClFN3O4S2. The van der Waals surface area contributed by atoms with Crippen LogP contribution in [-0.2, 0) is 20.0 Å². The van der Waals surface area contributed by atoms with Crippen molar-refractivity contribution >= 4 is 38.1 Å². The second kappa shape index (κ2) is 6.75. The molecule has 0 spiro atoms. The van der Waals surface area contributed by atoms with E-state index in [-0.39, 0.29) is 23.0 Å². The van der Waals surface area contributed by atoms with Crippen LogP contribution in [0.2, 0.25) is 0 Å². The average molecular weight is 400 g/mol. The van der Waals surface area contributed by atoms with E-state index >= 15 is 0 Å². The van der Waals surface area contributed by atoms with Crippen LogP contribution in [0.5, 0.6) is 0 Å². The number of benzene rings is 1. The minimum Gasteiger partial charge on any atom is -0.316 e. The third kappa shape index (κ3) is 3.83. The Kier molecular flexibility index (Phi) is 5.46. The molecule has 0 saturated carbocycles. The van der Waals surface area contributed by atoms with Crippen LogP contribution in [0.3, 0.4) is 0 Å². The Hall–Kier alpha value is -0.940. The quantitative estimate of drug-likeness (QED) is 0.766. The molecule has 11 heteroatoms. The fourth-order valence-electron chi connectivity index (χ4n) is 3.10. The molecule has 3 rings (SSSR count). The first-order valence-corrected chi connectivity index (χ1v) is 10.5. The highest BCUT2D eigenvalue weighted by molar-refractivity contribution is 7.92. The van der Waals surface area contributed by atoms with Crippen LogP contribution in [0.4, 0.5) is 10.1 Å². The molecule has 0 radical (unpaired) electrons. The van der Waals surface area contributed by atoms with E-state index in [4.69, 9.17) is 0 Å². The average Bonchev–Trinajstić information content (AvgIpc) is 3.00. The zero-order valence-electron chi connectivity index (χ0n) is 12.9. The van der Waals surface area contributed by atoms with Gasteiger partial charge in [0.2, 0.25) is 20.0 Å². The lowest BCUT2D eigenvalue weighted by molar-refractivity contribution is 0.447. The lowest BCUT2D eigenvalue weighted by atomic mass is 10.0. The Morgan fingerprint density at radius 1 is 1.17 bits per heavy atom. The van der Waals surface area contributed by atoms with Crippen molar-refractivity contribution in [3.05, 3.63) is 24.0 Å². The fourth-order valence-corrected chi connectivity index (χ4v) is 5.23. The van der Waals surface area contributed by atoms with Crippen LogP contribution in [0.25, 0.3) is 0 Å². The Bertz CT molecular complexity index is 820. The number of fused-ring (bicyclic) bond motifs is 1. The van der Waals surface area contributed by atoms with E-state index in [0.717, 1.165) is 31.5 Å². The van der Waals surface area contributed by atoms with Gasteiger partial charge >= 0.3 is 0 Å². The maximum absolute atomic E-state index is 14.0. The summed E-state index contributed by atoms with van der Waals surface area (Å²) < 4.78 is 64.9. The van der Waals surface area contributed by atoms with Crippen LogP contribution in [0.15, 0.2) is 23.1 Å². The maximum Gasteiger partial charge on any atom is 0.243 e. The summed E-state index contributed by atoms with van der Waals surface area (Å²) in [5, 5.41) is 3.23. The molecule has 2 aliphatic rings. The standard InChI is InChI=1S/C13H18FN3O4S2.ClH/c1-22(18,19)16-13-3-2-11(4-12(13)14)23(20,21)17-7-9-5-15-6-10(9)8-17;/h2-4,9-10,15-16H,5-8H2,1H3;1H/t9-,10+;. The molecule has 2 aliphatic heterocycles. The van der Waals surface area contributed by atoms with Gasteiger partial charge in [0.25, 0.3) is 0 Å². The summed E-state index contributed by atoms with van der Waals surface area (Å²) in [6.45, 7) is 2.43. The van der Waals surface area contributed by atoms with Crippen molar-refractivity contribution in [3.63, 3.8) is 0 Å². The summed E-state index contributed by atoms with van der Waals surface area (Å²) in [6.07, 6.45) is 0.897. The predicted octanol–water partition coefficient (Wildman–Crippen LogP) is 0.459. The van der Waals surface area contributed by atoms with Gasteiger partial charge in [-0.15, -0.1) is 12.4 Å². The first-order valence-electron chi connectivity index (χ1n) is 7.15. The topological polar surface area (TPSA) is 95.6 Å². The van der Waals surface area contributed by atoms with E-state index in [1.54, 1.807) is 0 Å². The summed E-state index contributed by atoms with van der Waals surface area (Å²) in [4.78, 5) is -0.165. The molecule has 1 aromatic carbocycles. The monoisotopic (exact) mass is 399 g/mol. The smallest absolute Gasteiger partial charge is 0.243 e. The Morgan fingerprint density at radius 3 is 2.25 bits per heavy atom. The first-order chi connectivity index (χ1) is 10.7. The van der Waals surface area contributed by atoms with Crippen molar-refractivity contribution in [1.29, 1.82) is 0 Å². The second-order valence-electron chi connectivity index (χ2n) is 6.02. The van der Waals surface area contributed by atoms with Crippen molar-refractivity contribution in [3.8, 4) is 0 Å². The number of sulfonamides is 2. The zero-order valence-corrected chi connectivity index (χ0v) is 15.3. The lowest BCUT2D eigenvalue weighted by Crippen LogP contribution is -2.32. The van der Waals surface area contributed by atoms with Crippen molar-refractivity contribution in [2.24, 2.45) is 11.8 Å². The van der Waals surface area contributed by atoms with Crippen LogP contribution >= 0.6 is 12.4 Å². The zero-order chi connectivity index (χ0) is 16.8. The van der Waals surface area contributed by atoms with E-state index in [0.29, 0.717) is 24.9 Å². The number of anilines is 1. The Labute approximate surface area is 147 Å². The molecule has 0 unspecified atom stereocenters. The van der Waals surface area contributed by atoms with Crippen molar-refractivity contribution in [2.75, 3.05) is 37.2 Å². The summed E-state index contributed by atoms with van der Waals surface area (Å²) in [6, 6.07) is 3.20. The van der Waals surface area contributed by atoms with Gasteiger partial charge in [-0.3, -0.25) is 4.72 Å². The minimum atomic E-state index is -3.78. The number of hydrogen-bond acceptors (Lipinski definition) is 5. The second-order valence-corrected chi connectivity index (χ2v) is 9.70. The molecule has 24 heavy (non-hydrogen) atoms. The van der Waals surface area contributed by atoms with Gasteiger partial charge in [0.15, 0.2) is 0 Å². The van der Waals surface area contributed by atoms with Crippen molar-refractivity contribution in [1.82, 2.24) is 9.62 Å². The normalized spacial score (nSPS) is 24.4. The Balaban J connectivity index is 0.00000208. The number of nitrogens with one attached hydrogen (secondary N) is 2. The summed E-state index contributed by atoms with van der Waals surface area (Å²) >= 11 is 0. The molecule has 1 aromatic rings. The van der Waals surface area contributed by atoms with E-state index < -0.39 is 25.9 Å². The summed E-state index contributed by atoms with van der Waals surface area (Å²) in [5.74, 6) is -0.334. The molecule has 0 bridgehead atoms. The largest absolute Gasteiger partial charge is 0.316 e. The highest BCUT2D eigenvalue weighted by atomic mass is 35.5. The van der Waals surface area contributed by atoms with Gasteiger partial charge in [0.1, 0.15) is 5.82 Å². The minimum absolute atomic E-state index is 0. The molecule has 2 heterocycles. The summed E-state index contributed by atoms with van der Waals surface area (Å²) in [5.41, 5.74) is -0.269. The van der Waals surface area contributed by atoms with E-state index in [1.807, 2.05) is 4.72 Å². The number of rotatable bonds is 4. The van der Waals surface area contributed by atoms with Gasteiger partial charge < -0.3 is 5.32 Å². The highest BCUT2D eigenvalue weighted by Gasteiger charge is 2.41. The van der Waals surface area contributed by atoms with Gasteiger partial charge in [-0.1, -0.05) is 0 Å². The molecule has 0 amide bonds. The van der Waals surface area contributed by atoms with Gasteiger partial charge in [0.05, 0.1) is 16.8 Å². The van der Waals surface area contributed by atoms with Crippen LogP contribution < -0.4 is 10.0 Å². The van der Waals surface area contributed by atoms with Crippen molar-refractivity contribution in [2.45, 2.75) is 4.90 Å². The van der Waals surface area contributed by atoms with Gasteiger partial charge in [-0.2, -0.15) is 4.31 Å². The van der Waals surface area contributed by atoms with Gasteiger partial charge in [0, 0.05) is 13.1 Å². The molecular weight excluding hydrogens is 381 g/mol. The number of hydrogen-bond donors (Lipinski definition) is 2. The molecule has 2 fully saturated rings. The number of halogens is 2. The molecule has 7 nitrogen and oxygen atoms in total. The van der Waals surface area contributed by atoms with Gasteiger partial charge in [-0.25, -0.2) is 21.2 Å². The van der Waals surface area contributed by atoms with Crippen LogP contribution in [0.1, 0.15) is 0 Å². The first kappa shape index (κ1) is 19.4. The van der Waals surface area contributed by atoms with Crippen molar-refractivity contribution < 1.29 is 21.2 Å². The van der Waals surface area contributed by atoms with Gasteiger partial charge in [-0.05, 0) is 43.1 Å². The summed E-state index contributed by atoms with van der Waals surface area (Å²) in [7, 11) is -7.41. The SMILES string of the molecule is CS(=O)(=O)Nc1ccc(S(=O)(=O)N2C[C@H]3CNC[C@H]3C2)cc1F.Cl. The molecule has 0 aliphatic carbocycles. The number of nitrogens with zero attached hydrogens (tertiary/aromatic N) is 1. The van der Waals surface area contributed by atoms with E-state index in [2.05, 4.69) is 5.32 Å². The molecule has 136 valence electrons. The lowest BCUT2D eigenvalue weighted by Gasteiger charge is -2.18.